The van der Waals surface area contributed by atoms with E-state index in [-0.39, 0.29) is 0 Å². The second kappa shape index (κ2) is 6.12. The number of methoxy groups -OCH3 is 1. The predicted molar refractivity (Wildman–Crippen MR) is 76.5 cm³/mol. The zero-order chi connectivity index (χ0) is 13.7. The van der Waals surface area contributed by atoms with Crippen molar-refractivity contribution in [2.24, 2.45) is 0 Å². The average molecular weight is 271 g/mol. The summed E-state index contributed by atoms with van der Waals surface area (Å²) in [5.74, 6) is 0.828. The molecule has 0 spiro atoms. The maximum Gasteiger partial charge on any atom is 0.155 e. The van der Waals surface area contributed by atoms with Crippen LogP contribution in [0.4, 0.5) is 5.69 Å². The van der Waals surface area contributed by atoms with Crippen LogP contribution in [-0.4, -0.2) is 12.1 Å². The third kappa shape index (κ3) is 3.18. The Hall–Kier alpha value is -2.19. The number of aromatic nitrogens is 1. The van der Waals surface area contributed by atoms with Gasteiger partial charge in [0.2, 0.25) is 0 Å². The van der Waals surface area contributed by atoms with Crippen LogP contribution in [0, 0.1) is 11.3 Å². The Morgan fingerprint density at radius 2 is 2.05 bits per heavy atom. The van der Waals surface area contributed by atoms with Gasteiger partial charge in [-0.2, -0.15) is 5.26 Å². The van der Waals surface area contributed by atoms with Crippen LogP contribution in [0.5, 0.6) is 5.75 Å². The fraction of sp³-hybridized carbons (Fsp3) is 0.143. The van der Waals surface area contributed by atoms with Gasteiger partial charge in [-0.3, -0.25) is 0 Å². The third-order valence-electron chi connectivity index (χ3n) is 2.67. The molecular weight excluding hydrogens is 258 g/mol. The van der Waals surface area contributed by atoms with Gasteiger partial charge in [0.05, 0.1) is 17.7 Å². The number of nitriles is 1. The van der Waals surface area contributed by atoms with Crippen molar-refractivity contribution in [2.45, 2.75) is 11.4 Å². The molecular formula is C14H13N3OS. The molecule has 0 aliphatic carbocycles. The normalized spacial score (nSPS) is 9.74. The Bertz CT molecular complexity index is 605. The van der Waals surface area contributed by atoms with Crippen molar-refractivity contribution in [2.75, 3.05) is 12.4 Å². The van der Waals surface area contributed by atoms with Crippen molar-refractivity contribution in [3.63, 3.8) is 0 Å². The van der Waals surface area contributed by atoms with E-state index < -0.39 is 0 Å². The molecule has 2 aromatic rings. The van der Waals surface area contributed by atoms with Crippen LogP contribution in [0.15, 0.2) is 41.4 Å². The van der Waals surface area contributed by atoms with E-state index in [1.807, 2.05) is 30.3 Å². The first kappa shape index (κ1) is 13.2. The zero-order valence-electron chi connectivity index (χ0n) is 10.4. The summed E-state index contributed by atoms with van der Waals surface area (Å²) in [5, 5.41) is 12.1. The van der Waals surface area contributed by atoms with Crippen molar-refractivity contribution < 1.29 is 4.74 Å². The highest BCUT2D eigenvalue weighted by atomic mass is 32.1. The molecule has 0 aliphatic rings. The van der Waals surface area contributed by atoms with Crippen LogP contribution in [0.2, 0.25) is 0 Å². The topological polar surface area (TPSA) is 57.9 Å². The highest BCUT2D eigenvalue weighted by Gasteiger charge is 2.05. The first-order valence-corrected chi connectivity index (χ1v) is 6.14. The minimum atomic E-state index is 0.322. The number of nitrogens with one attached hydrogen (secondary N) is 1. The molecule has 0 amide bonds. The summed E-state index contributed by atoms with van der Waals surface area (Å²) >= 11 is 4.30. The lowest BCUT2D eigenvalue weighted by Gasteiger charge is -2.09. The summed E-state index contributed by atoms with van der Waals surface area (Å²) in [6, 6.07) is 11.6. The Morgan fingerprint density at radius 1 is 1.32 bits per heavy atom. The zero-order valence-corrected chi connectivity index (χ0v) is 11.3. The summed E-state index contributed by atoms with van der Waals surface area (Å²) < 4.78 is 5.10. The summed E-state index contributed by atoms with van der Waals surface area (Å²) in [6.45, 7) is 0.645. The minimum Gasteiger partial charge on any atom is -0.497 e. The number of thiol groups is 1. The van der Waals surface area contributed by atoms with Gasteiger partial charge in [-0.1, -0.05) is 12.1 Å². The second-order valence-corrected chi connectivity index (χ2v) is 4.32. The Balaban J connectivity index is 2.08. The van der Waals surface area contributed by atoms with E-state index in [1.54, 1.807) is 19.4 Å². The van der Waals surface area contributed by atoms with E-state index in [4.69, 9.17) is 10.00 Å². The van der Waals surface area contributed by atoms with Gasteiger partial charge in [-0.25, -0.2) is 4.98 Å². The third-order valence-corrected chi connectivity index (χ3v) is 3.12. The van der Waals surface area contributed by atoms with Crippen molar-refractivity contribution in [1.82, 2.24) is 4.98 Å². The number of nitrogens with zero attached hydrogens (tertiary/aromatic N) is 2. The van der Waals surface area contributed by atoms with Crippen molar-refractivity contribution >= 4 is 18.3 Å². The second-order valence-electron chi connectivity index (χ2n) is 3.87. The van der Waals surface area contributed by atoms with Gasteiger partial charge in [-0.15, -0.1) is 12.6 Å². The number of hydrogen-bond acceptors (Lipinski definition) is 5. The Labute approximate surface area is 117 Å². The molecule has 1 aromatic heterocycles. The van der Waals surface area contributed by atoms with Crippen molar-refractivity contribution in [1.29, 1.82) is 5.26 Å². The molecule has 19 heavy (non-hydrogen) atoms. The quantitative estimate of drug-likeness (QED) is 0.840. The molecule has 96 valence electrons. The molecule has 0 radical (unpaired) electrons. The lowest BCUT2D eigenvalue weighted by atomic mass is 10.2. The molecule has 0 saturated heterocycles. The van der Waals surface area contributed by atoms with Gasteiger partial charge in [0, 0.05) is 12.7 Å². The molecule has 0 aliphatic heterocycles. The molecule has 2 rings (SSSR count). The molecule has 4 nitrogen and oxygen atoms in total. The van der Waals surface area contributed by atoms with Gasteiger partial charge in [0.1, 0.15) is 11.8 Å². The van der Waals surface area contributed by atoms with E-state index in [0.717, 1.165) is 17.0 Å². The van der Waals surface area contributed by atoms with Crippen LogP contribution in [0.1, 0.15) is 11.3 Å². The lowest BCUT2D eigenvalue weighted by Crippen LogP contribution is -2.01. The maximum absolute atomic E-state index is 8.88. The standard InChI is InChI=1S/C14H13N3OS/c1-18-11-4-2-10(3-5-11)9-17-12-6-7-16-13(8-15)14(12)19/h2-7,19H,9H2,1H3,(H,16,17). The van der Waals surface area contributed by atoms with Gasteiger partial charge >= 0.3 is 0 Å². The highest BCUT2D eigenvalue weighted by Crippen LogP contribution is 2.22. The van der Waals surface area contributed by atoms with Crippen LogP contribution in [-0.2, 0) is 6.54 Å². The van der Waals surface area contributed by atoms with Gasteiger partial charge in [0.15, 0.2) is 5.69 Å². The average Bonchev–Trinajstić information content (AvgIpc) is 2.47. The van der Waals surface area contributed by atoms with Gasteiger partial charge < -0.3 is 10.1 Å². The van der Waals surface area contributed by atoms with Crippen molar-refractivity contribution in [3.05, 3.63) is 47.8 Å². The first-order chi connectivity index (χ1) is 9.24. The SMILES string of the molecule is COc1ccc(CNc2ccnc(C#N)c2S)cc1. The number of pyridine rings is 1. The van der Waals surface area contributed by atoms with Crippen LogP contribution in [0.3, 0.4) is 0 Å². The Morgan fingerprint density at radius 3 is 2.68 bits per heavy atom. The monoisotopic (exact) mass is 271 g/mol. The number of ether oxygens (including phenoxy) is 1. The molecule has 0 atom stereocenters. The maximum atomic E-state index is 8.88. The summed E-state index contributed by atoms with van der Waals surface area (Å²) in [6.07, 6.45) is 1.59. The van der Waals surface area contributed by atoms with E-state index in [9.17, 15) is 0 Å². The van der Waals surface area contributed by atoms with E-state index in [1.165, 1.54) is 0 Å². The molecule has 0 bridgehead atoms. The smallest absolute Gasteiger partial charge is 0.155 e. The van der Waals surface area contributed by atoms with Gasteiger partial charge in [-0.05, 0) is 23.8 Å². The van der Waals surface area contributed by atoms with Gasteiger partial charge in [0.25, 0.3) is 0 Å². The molecule has 5 heteroatoms. The number of benzene rings is 1. The number of rotatable bonds is 4. The van der Waals surface area contributed by atoms with E-state index in [0.29, 0.717) is 17.1 Å². The molecule has 0 unspecified atom stereocenters. The first-order valence-electron chi connectivity index (χ1n) is 5.69. The molecule has 0 saturated carbocycles. The fourth-order valence-corrected chi connectivity index (χ4v) is 1.88. The fourth-order valence-electron chi connectivity index (χ4n) is 1.62. The summed E-state index contributed by atoms with van der Waals surface area (Å²) in [5.41, 5.74) is 2.23. The molecule has 1 N–H and O–H groups in total. The minimum absolute atomic E-state index is 0.322. The number of anilines is 1. The molecule has 1 aromatic carbocycles. The highest BCUT2D eigenvalue weighted by molar-refractivity contribution is 7.80. The Kier molecular flexibility index (Phi) is 4.26. The van der Waals surface area contributed by atoms with E-state index in [2.05, 4.69) is 22.9 Å². The van der Waals surface area contributed by atoms with Crippen molar-refractivity contribution in [3.8, 4) is 11.8 Å². The van der Waals surface area contributed by atoms with Crippen LogP contribution >= 0.6 is 12.6 Å². The van der Waals surface area contributed by atoms with Crippen LogP contribution in [0.25, 0.3) is 0 Å². The summed E-state index contributed by atoms with van der Waals surface area (Å²) in [7, 11) is 1.64. The van der Waals surface area contributed by atoms with E-state index >= 15 is 0 Å². The lowest BCUT2D eigenvalue weighted by molar-refractivity contribution is 0.414. The largest absolute Gasteiger partial charge is 0.497 e. The number of hydrogen-bond donors (Lipinski definition) is 2. The van der Waals surface area contributed by atoms with Crippen LogP contribution < -0.4 is 10.1 Å². The summed E-state index contributed by atoms with van der Waals surface area (Å²) in [4.78, 5) is 4.51. The molecule has 0 fully saturated rings. The predicted octanol–water partition coefficient (Wildman–Crippen LogP) is 2.86. The molecule has 1 heterocycles.